The number of hydrogen-bond donors (Lipinski definition) is 0. The van der Waals surface area contributed by atoms with Crippen LogP contribution >= 0.6 is 0 Å². The predicted octanol–water partition coefficient (Wildman–Crippen LogP) is 5.72. The molecule has 0 heterocycles. The molecule has 2 aromatic rings. The van der Waals surface area contributed by atoms with E-state index in [1.165, 1.54) is 36.5 Å². The van der Waals surface area contributed by atoms with Gasteiger partial charge < -0.3 is 0 Å². The van der Waals surface area contributed by atoms with Crippen molar-refractivity contribution in [2.45, 2.75) is 39.0 Å². The topological polar surface area (TPSA) is 0 Å². The molecule has 0 nitrogen and oxygen atoms in total. The van der Waals surface area contributed by atoms with Crippen LogP contribution in [0.15, 0.2) is 54.6 Å². The standard InChI is InChI=1S/C20H22/c1-3-4-5-6-10-17(2)15-16-19-13-9-12-18-11-7-8-14-20(18)19/h7-9,11-14H,2-6,10H2,1H3. The van der Waals surface area contributed by atoms with Crippen molar-refractivity contribution in [2.24, 2.45) is 0 Å². The second kappa shape index (κ2) is 7.56. The quantitative estimate of drug-likeness (QED) is 0.477. The van der Waals surface area contributed by atoms with Crippen LogP contribution in [0.1, 0.15) is 44.6 Å². The van der Waals surface area contributed by atoms with E-state index in [2.05, 4.69) is 67.8 Å². The third-order valence-electron chi connectivity index (χ3n) is 3.50. The molecule has 0 saturated heterocycles. The van der Waals surface area contributed by atoms with E-state index in [-0.39, 0.29) is 0 Å². The third kappa shape index (κ3) is 4.00. The van der Waals surface area contributed by atoms with Crippen molar-refractivity contribution in [3.63, 3.8) is 0 Å². The Labute approximate surface area is 122 Å². The zero-order chi connectivity index (χ0) is 14.2. The largest absolute Gasteiger partial charge is 0.0874 e. The summed E-state index contributed by atoms with van der Waals surface area (Å²) < 4.78 is 0. The molecule has 0 aliphatic carbocycles. The maximum atomic E-state index is 4.07. The van der Waals surface area contributed by atoms with Crippen molar-refractivity contribution in [2.75, 3.05) is 0 Å². The molecule has 20 heavy (non-hydrogen) atoms. The maximum absolute atomic E-state index is 4.07. The van der Waals surface area contributed by atoms with E-state index in [1.54, 1.807) is 0 Å². The molecule has 0 heteroatoms. The summed E-state index contributed by atoms with van der Waals surface area (Å²) in [5.41, 5.74) is 2.15. The first-order valence-electron chi connectivity index (χ1n) is 7.49. The van der Waals surface area contributed by atoms with Gasteiger partial charge in [-0.1, -0.05) is 81.0 Å². The van der Waals surface area contributed by atoms with Crippen LogP contribution in [0.4, 0.5) is 0 Å². The van der Waals surface area contributed by atoms with Crippen LogP contribution in [-0.2, 0) is 0 Å². The van der Waals surface area contributed by atoms with Crippen LogP contribution in [0.2, 0.25) is 0 Å². The SMILES string of the molecule is C=C(C#Cc1cccc2ccccc12)CCCCCC. The van der Waals surface area contributed by atoms with E-state index in [4.69, 9.17) is 0 Å². The summed E-state index contributed by atoms with van der Waals surface area (Å²) in [6.45, 7) is 6.31. The van der Waals surface area contributed by atoms with Gasteiger partial charge in [0.05, 0.1) is 0 Å². The van der Waals surface area contributed by atoms with E-state index in [0.29, 0.717) is 0 Å². The lowest BCUT2D eigenvalue weighted by Crippen LogP contribution is -1.82. The van der Waals surface area contributed by atoms with Crippen LogP contribution in [0.25, 0.3) is 10.8 Å². The molecule has 102 valence electrons. The molecular formula is C20H22. The van der Waals surface area contributed by atoms with Gasteiger partial charge in [0.2, 0.25) is 0 Å². The summed E-state index contributed by atoms with van der Waals surface area (Å²) in [4.78, 5) is 0. The summed E-state index contributed by atoms with van der Waals surface area (Å²) >= 11 is 0. The first kappa shape index (κ1) is 14.4. The minimum atomic E-state index is 1.03. The Morgan fingerprint density at radius 3 is 2.65 bits per heavy atom. The van der Waals surface area contributed by atoms with Gasteiger partial charge in [0.25, 0.3) is 0 Å². The Kier molecular flexibility index (Phi) is 5.44. The number of benzene rings is 2. The fourth-order valence-corrected chi connectivity index (χ4v) is 2.32. The molecule has 0 bridgehead atoms. The van der Waals surface area contributed by atoms with Crippen molar-refractivity contribution >= 4 is 10.8 Å². The number of rotatable bonds is 5. The Bertz CT molecular complexity index is 632. The number of fused-ring (bicyclic) bond motifs is 1. The van der Waals surface area contributed by atoms with Crippen molar-refractivity contribution in [3.05, 3.63) is 60.2 Å². The molecule has 0 atom stereocenters. The summed E-state index contributed by atoms with van der Waals surface area (Å²) in [6, 6.07) is 14.7. The van der Waals surface area contributed by atoms with Gasteiger partial charge in [-0.05, 0) is 35.3 Å². The molecule has 0 aromatic heterocycles. The summed E-state index contributed by atoms with van der Waals surface area (Å²) in [7, 11) is 0. The molecule has 0 radical (unpaired) electrons. The molecule has 0 amide bonds. The zero-order valence-corrected chi connectivity index (χ0v) is 12.3. The number of hydrogen-bond acceptors (Lipinski definition) is 0. The second-order valence-corrected chi connectivity index (χ2v) is 5.19. The van der Waals surface area contributed by atoms with Gasteiger partial charge in [0.1, 0.15) is 0 Å². The highest BCUT2D eigenvalue weighted by Gasteiger charge is 1.96. The minimum absolute atomic E-state index is 1.03. The lowest BCUT2D eigenvalue weighted by Gasteiger charge is -2.00. The van der Waals surface area contributed by atoms with Gasteiger partial charge in [-0.25, -0.2) is 0 Å². The van der Waals surface area contributed by atoms with Crippen LogP contribution < -0.4 is 0 Å². The van der Waals surface area contributed by atoms with Gasteiger partial charge in [-0.15, -0.1) is 0 Å². The molecule has 0 fully saturated rings. The van der Waals surface area contributed by atoms with Crippen molar-refractivity contribution in [1.82, 2.24) is 0 Å². The summed E-state index contributed by atoms with van der Waals surface area (Å²) in [6.07, 6.45) is 6.10. The van der Waals surface area contributed by atoms with E-state index in [1.807, 2.05) is 0 Å². The average molecular weight is 262 g/mol. The highest BCUT2D eigenvalue weighted by Crippen LogP contribution is 2.17. The first-order valence-corrected chi connectivity index (χ1v) is 7.49. The normalized spacial score (nSPS) is 10.1. The number of unbranched alkanes of at least 4 members (excludes halogenated alkanes) is 3. The predicted molar refractivity (Wildman–Crippen MR) is 88.7 cm³/mol. The van der Waals surface area contributed by atoms with Crippen molar-refractivity contribution in [3.8, 4) is 11.8 Å². The molecule has 0 unspecified atom stereocenters. The van der Waals surface area contributed by atoms with Gasteiger partial charge >= 0.3 is 0 Å². The Balaban J connectivity index is 2.05. The van der Waals surface area contributed by atoms with Crippen molar-refractivity contribution < 1.29 is 0 Å². The molecular weight excluding hydrogens is 240 g/mol. The highest BCUT2D eigenvalue weighted by molar-refractivity contribution is 5.88. The minimum Gasteiger partial charge on any atom is -0.0874 e. The van der Waals surface area contributed by atoms with E-state index in [9.17, 15) is 0 Å². The van der Waals surface area contributed by atoms with E-state index >= 15 is 0 Å². The molecule has 0 aliphatic rings. The second-order valence-electron chi connectivity index (χ2n) is 5.19. The lowest BCUT2D eigenvalue weighted by atomic mass is 10.0. The molecule has 0 spiro atoms. The molecule has 0 N–H and O–H groups in total. The zero-order valence-electron chi connectivity index (χ0n) is 12.3. The maximum Gasteiger partial charge on any atom is 0.0327 e. The molecule has 2 aromatic carbocycles. The van der Waals surface area contributed by atoms with Gasteiger partial charge in [0, 0.05) is 5.56 Å². The fraction of sp³-hybridized carbons (Fsp3) is 0.300. The number of allylic oxidation sites excluding steroid dienone is 1. The van der Waals surface area contributed by atoms with Crippen LogP contribution in [0.5, 0.6) is 0 Å². The first-order chi connectivity index (χ1) is 9.81. The smallest absolute Gasteiger partial charge is 0.0327 e. The Hall–Kier alpha value is -2.00. The van der Waals surface area contributed by atoms with E-state index in [0.717, 1.165) is 17.6 Å². The van der Waals surface area contributed by atoms with Crippen LogP contribution in [-0.4, -0.2) is 0 Å². The van der Waals surface area contributed by atoms with Gasteiger partial charge in [-0.3, -0.25) is 0 Å². The molecule has 0 saturated carbocycles. The van der Waals surface area contributed by atoms with Crippen LogP contribution in [0.3, 0.4) is 0 Å². The van der Waals surface area contributed by atoms with Crippen molar-refractivity contribution in [1.29, 1.82) is 0 Å². The average Bonchev–Trinajstić information content (AvgIpc) is 2.49. The third-order valence-corrected chi connectivity index (χ3v) is 3.50. The highest BCUT2D eigenvalue weighted by atomic mass is 14.0. The van der Waals surface area contributed by atoms with Gasteiger partial charge in [0.15, 0.2) is 0 Å². The molecule has 0 aliphatic heterocycles. The summed E-state index contributed by atoms with van der Waals surface area (Å²) in [5.74, 6) is 6.50. The Morgan fingerprint density at radius 2 is 1.80 bits per heavy atom. The van der Waals surface area contributed by atoms with E-state index < -0.39 is 0 Å². The Morgan fingerprint density at radius 1 is 1.00 bits per heavy atom. The molecule has 2 rings (SSSR count). The fourth-order valence-electron chi connectivity index (χ4n) is 2.32. The summed E-state index contributed by atoms with van der Waals surface area (Å²) in [5, 5.41) is 2.47. The monoisotopic (exact) mass is 262 g/mol. The van der Waals surface area contributed by atoms with Gasteiger partial charge in [-0.2, -0.15) is 0 Å². The lowest BCUT2D eigenvalue weighted by molar-refractivity contribution is 0.670. The van der Waals surface area contributed by atoms with Crippen LogP contribution in [0, 0.1) is 11.8 Å².